The lowest BCUT2D eigenvalue weighted by Gasteiger charge is -2.41. The molecule has 142 valence electrons. The van der Waals surface area contributed by atoms with Crippen LogP contribution < -0.4 is 4.90 Å². The lowest BCUT2D eigenvalue weighted by atomic mass is 10.0. The highest BCUT2D eigenvalue weighted by molar-refractivity contribution is 5.46. The van der Waals surface area contributed by atoms with Crippen molar-refractivity contribution in [2.45, 2.75) is 46.7 Å². The molecular weight excluding hydrogens is 324 g/mol. The van der Waals surface area contributed by atoms with Gasteiger partial charge in [0, 0.05) is 38.4 Å². The SMILES string of the molecule is CC(C)CCn1nnnc1[C@H](C(C)C)N1CCN(c2ccccc2)CC1. The van der Waals surface area contributed by atoms with E-state index in [9.17, 15) is 0 Å². The van der Waals surface area contributed by atoms with Crippen molar-refractivity contribution in [3.05, 3.63) is 36.2 Å². The molecule has 0 aliphatic carbocycles. The third-order valence-electron chi connectivity index (χ3n) is 5.20. The lowest BCUT2D eigenvalue weighted by Crippen LogP contribution is -2.49. The molecule has 1 saturated heterocycles. The molecule has 1 fully saturated rings. The van der Waals surface area contributed by atoms with Gasteiger partial charge < -0.3 is 4.90 Å². The monoisotopic (exact) mass is 356 g/mol. The van der Waals surface area contributed by atoms with Crippen LogP contribution in [0.1, 0.15) is 46.0 Å². The van der Waals surface area contributed by atoms with Gasteiger partial charge in [-0.25, -0.2) is 4.68 Å². The topological polar surface area (TPSA) is 50.1 Å². The quantitative estimate of drug-likeness (QED) is 0.762. The highest BCUT2D eigenvalue weighted by atomic mass is 15.6. The first kappa shape index (κ1) is 18.8. The summed E-state index contributed by atoms with van der Waals surface area (Å²) in [4.78, 5) is 5.03. The van der Waals surface area contributed by atoms with Crippen LogP contribution in [0, 0.1) is 11.8 Å². The molecule has 0 saturated carbocycles. The van der Waals surface area contributed by atoms with Gasteiger partial charge in [-0.1, -0.05) is 45.9 Å². The lowest BCUT2D eigenvalue weighted by molar-refractivity contribution is 0.134. The summed E-state index contributed by atoms with van der Waals surface area (Å²) in [6.45, 7) is 14.1. The van der Waals surface area contributed by atoms with E-state index in [4.69, 9.17) is 0 Å². The van der Waals surface area contributed by atoms with Crippen LogP contribution in [-0.4, -0.2) is 51.3 Å². The summed E-state index contributed by atoms with van der Waals surface area (Å²) >= 11 is 0. The van der Waals surface area contributed by atoms with Gasteiger partial charge in [0.05, 0.1) is 6.04 Å². The first-order chi connectivity index (χ1) is 12.6. The van der Waals surface area contributed by atoms with E-state index in [1.807, 2.05) is 4.68 Å². The zero-order valence-corrected chi connectivity index (χ0v) is 16.5. The van der Waals surface area contributed by atoms with Gasteiger partial charge in [-0.3, -0.25) is 4.90 Å². The highest BCUT2D eigenvalue weighted by Crippen LogP contribution is 2.29. The Labute approximate surface area is 157 Å². The van der Waals surface area contributed by atoms with Crippen molar-refractivity contribution in [3.63, 3.8) is 0 Å². The maximum atomic E-state index is 4.41. The van der Waals surface area contributed by atoms with Crippen molar-refractivity contribution < 1.29 is 0 Å². The standard InChI is InChI=1S/C20H32N6/c1-16(2)10-11-26-20(21-22-23-26)19(17(3)4)25-14-12-24(13-15-25)18-8-6-5-7-9-18/h5-9,16-17,19H,10-15H2,1-4H3/t19-/m0/s1. The van der Waals surface area contributed by atoms with E-state index in [1.165, 1.54) is 5.69 Å². The predicted octanol–water partition coefficient (Wildman–Crippen LogP) is 3.24. The Morgan fingerprint density at radius 1 is 0.962 bits per heavy atom. The van der Waals surface area contributed by atoms with Gasteiger partial charge in [-0.05, 0) is 40.8 Å². The molecule has 2 aromatic rings. The van der Waals surface area contributed by atoms with Crippen LogP contribution in [0.2, 0.25) is 0 Å². The third-order valence-corrected chi connectivity index (χ3v) is 5.20. The second-order valence-corrected chi connectivity index (χ2v) is 7.99. The fraction of sp³-hybridized carbons (Fsp3) is 0.650. The molecular formula is C20H32N6. The highest BCUT2D eigenvalue weighted by Gasteiger charge is 2.31. The van der Waals surface area contributed by atoms with E-state index in [2.05, 4.69) is 83.4 Å². The van der Waals surface area contributed by atoms with Crippen LogP contribution in [0.15, 0.2) is 30.3 Å². The molecule has 0 unspecified atom stereocenters. The van der Waals surface area contributed by atoms with E-state index in [0.29, 0.717) is 11.8 Å². The first-order valence-electron chi connectivity index (χ1n) is 9.86. The Balaban J connectivity index is 1.69. The largest absolute Gasteiger partial charge is 0.369 e. The molecule has 1 aromatic carbocycles. The van der Waals surface area contributed by atoms with E-state index in [0.717, 1.165) is 45.0 Å². The number of nitrogens with zero attached hydrogens (tertiary/aromatic N) is 6. The molecule has 0 radical (unpaired) electrons. The minimum absolute atomic E-state index is 0.273. The summed E-state index contributed by atoms with van der Waals surface area (Å²) in [6, 6.07) is 11.0. The van der Waals surface area contributed by atoms with E-state index < -0.39 is 0 Å². The second-order valence-electron chi connectivity index (χ2n) is 7.99. The zero-order chi connectivity index (χ0) is 18.5. The molecule has 0 N–H and O–H groups in total. The summed E-state index contributed by atoms with van der Waals surface area (Å²) in [6.07, 6.45) is 1.10. The molecule has 2 heterocycles. The Hall–Kier alpha value is -1.95. The molecule has 1 aliphatic rings. The maximum absolute atomic E-state index is 4.41. The summed E-state index contributed by atoms with van der Waals surface area (Å²) in [7, 11) is 0. The van der Waals surface area contributed by atoms with Crippen molar-refractivity contribution in [2.75, 3.05) is 31.1 Å². The van der Waals surface area contributed by atoms with Crippen molar-refractivity contribution in [3.8, 4) is 0 Å². The van der Waals surface area contributed by atoms with Crippen molar-refractivity contribution >= 4 is 5.69 Å². The number of aromatic nitrogens is 4. The molecule has 26 heavy (non-hydrogen) atoms. The fourth-order valence-corrected chi connectivity index (χ4v) is 3.74. The second kappa shape index (κ2) is 8.62. The van der Waals surface area contributed by atoms with Gasteiger partial charge in [-0.15, -0.1) is 5.10 Å². The third kappa shape index (κ3) is 4.41. The number of piperazine rings is 1. The first-order valence-corrected chi connectivity index (χ1v) is 9.86. The molecule has 0 amide bonds. The average molecular weight is 357 g/mol. The number of hydrogen-bond donors (Lipinski definition) is 0. The van der Waals surface area contributed by atoms with Gasteiger partial charge in [0.25, 0.3) is 0 Å². The molecule has 0 spiro atoms. The number of tetrazole rings is 1. The van der Waals surface area contributed by atoms with Gasteiger partial charge in [-0.2, -0.15) is 0 Å². The van der Waals surface area contributed by atoms with Crippen LogP contribution in [-0.2, 0) is 6.54 Å². The summed E-state index contributed by atoms with van der Waals surface area (Å²) in [5.41, 5.74) is 1.31. The molecule has 1 atom stereocenters. The maximum Gasteiger partial charge on any atom is 0.168 e. The normalized spacial score (nSPS) is 17.2. The fourth-order valence-electron chi connectivity index (χ4n) is 3.74. The van der Waals surface area contributed by atoms with E-state index >= 15 is 0 Å². The van der Waals surface area contributed by atoms with Gasteiger partial charge in [0.15, 0.2) is 5.82 Å². The number of rotatable bonds is 7. The average Bonchev–Trinajstić information content (AvgIpc) is 3.09. The number of hydrogen-bond acceptors (Lipinski definition) is 5. The number of benzene rings is 1. The van der Waals surface area contributed by atoms with Crippen LogP contribution in [0.4, 0.5) is 5.69 Å². The zero-order valence-electron chi connectivity index (χ0n) is 16.5. The van der Waals surface area contributed by atoms with Crippen LogP contribution in [0.3, 0.4) is 0 Å². The molecule has 6 heteroatoms. The molecule has 0 bridgehead atoms. The van der Waals surface area contributed by atoms with Crippen molar-refractivity contribution in [1.29, 1.82) is 0 Å². The van der Waals surface area contributed by atoms with Crippen LogP contribution in [0.5, 0.6) is 0 Å². The summed E-state index contributed by atoms with van der Waals surface area (Å²) in [5.74, 6) is 2.15. The van der Waals surface area contributed by atoms with Crippen molar-refractivity contribution in [2.24, 2.45) is 11.8 Å². The minimum Gasteiger partial charge on any atom is -0.369 e. The summed E-state index contributed by atoms with van der Waals surface area (Å²) in [5, 5.41) is 12.7. The van der Waals surface area contributed by atoms with Gasteiger partial charge >= 0.3 is 0 Å². The molecule has 1 aromatic heterocycles. The smallest absolute Gasteiger partial charge is 0.168 e. The van der Waals surface area contributed by atoms with Crippen LogP contribution in [0.25, 0.3) is 0 Å². The molecule has 1 aliphatic heterocycles. The van der Waals surface area contributed by atoms with Gasteiger partial charge in [0.2, 0.25) is 0 Å². The number of para-hydroxylation sites is 1. The molecule has 6 nitrogen and oxygen atoms in total. The van der Waals surface area contributed by atoms with Crippen LogP contribution >= 0.6 is 0 Å². The Bertz CT molecular complexity index is 658. The summed E-state index contributed by atoms with van der Waals surface area (Å²) < 4.78 is 2.02. The van der Waals surface area contributed by atoms with E-state index in [-0.39, 0.29) is 6.04 Å². The van der Waals surface area contributed by atoms with Crippen molar-refractivity contribution in [1.82, 2.24) is 25.1 Å². The number of anilines is 1. The Kier molecular flexibility index (Phi) is 6.25. The molecule has 3 rings (SSSR count). The predicted molar refractivity (Wildman–Crippen MR) is 105 cm³/mol. The number of aryl methyl sites for hydroxylation is 1. The Morgan fingerprint density at radius 2 is 1.65 bits per heavy atom. The van der Waals surface area contributed by atoms with E-state index in [1.54, 1.807) is 0 Å². The Morgan fingerprint density at radius 3 is 2.27 bits per heavy atom. The minimum atomic E-state index is 0.273. The van der Waals surface area contributed by atoms with Gasteiger partial charge in [0.1, 0.15) is 0 Å².